The number of amides is 1. The van der Waals surface area contributed by atoms with Crippen LogP contribution in [0.3, 0.4) is 0 Å². The average Bonchev–Trinajstić information content (AvgIpc) is 2.81. The topological polar surface area (TPSA) is 79.0 Å². The Labute approximate surface area is 197 Å². The van der Waals surface area contributed by atoms with Crippen LogP contribution in [0.5, 0.6) is 0 Å². The van der Waals surface area contributed by atoms with Crippen LogP contribution in [-0.4, -0.2) is 48.3 Å². The van der Waals surface area contributed by atoms with Gasteiger partial charge < -0.3 is 16.0 Å². The minimum absolute atomic E-state index is 0. The van der Waals surface area contributed by atoms with E-state index in [0.29, 0.717) is 5.91 Å². The van der Waals surface area contributed by atoms with Crippen LogP contribution in [0.1, 0.15) is 19.3 Å². The maximum atomic E-state index is 10.7. The van der Waals surface area contributed by atoms with E-state index in [1.807, 2.05) is 98.0 Å². The molecule has 0 unspecified atom stereocenters. The number of rotatable bonds is 0. The van der Waals surface area contributed by atoms with E-state index in [0.717, 1.165) is 19.4 Å². The minimum Gasteiger partial charge on any atom is -0.373 e. The van der Waals surface area contributed by atoms with E-state index in [2.05, 4.69) is 18.2 Å². The van der Waals surface area contributed by atoms with Gasteiger partial charge in [-0.3, -0.25) is 9.71 Å². The minimum atomic E-state index is 0. The molecule has 4 rings (SSSR count). The third-order valence-electron chi connectivity index (χ3n) is 3.38. The van der Waals surface area contributed by atoms with E-state index >= 15 is 0 Å². The fourth-order valence-electron chi connectivity index (χ4n) is 1.97. The molecule has 0 aromatic heterocycles. The molecule has 0 spiro atoms. The van der Waals surface area contributed by atoms with Gasteiger partial charge in [0.05, 0.1) is 0 Å². The molecule has 1 aliphatic rings. The van der Waals surface area contributed by atoms with Crippen molar-refractivity contribution >= 4 is 29.8 Å². The number of carbonyl (C=O) groups excluding carboxylic acids is 1. The summed E-state index contributed by atoms with van der Waals surface area (Å²) in [5.41, 5.74) is 13.5. The summed E-state index contributed by atoms with van der Waals surface area (Å²) in [5.74, 6) is 0.302. The normalized spacial score (nSPS) is 10.8. The van der Waals surface area contributed by atoms with Crippen molar-refractivity contribution < 1.29 is 4.79 Å². The van der Waals surface area contributed by atoms with Crippen molar-refractivity contribution in [1.29, 1.82) is 0 Å². The smallest absolute Gasteiger partial charge is 0.373 e. The van der Waals surface area contributed by atoms with E-state index in [1.54, 1.807) is 4.90 Å². The van der Waals surface area contributed by atoms with Crippen LogP contribution >= 0.6 is 0 Å². The molecule has 0 N–H and O–H groups in total. The molecule has 0 bridgehead atoms. The molecular weight excluding hydrogens is 479 g/mol. The number of hydrogen-bond acceptors (Lipinski definition) is 1. The SMILES string of the molecule is CN1CCCCC1=O.[N-]=[N+]=[N-].[Sn+4].[c-]1ccccc1.[c-]1ccccc1.[c-]1ccccc1. The van der Waals surface area contributed by atoms with E-state index < -0.39 is 0 Å². The Morgan fingerprint density at radius 2 is 1.07 bits per heavy atom. The van der Waals surface area contributed by atoms with Gasteiger partial charge in [0.15, 0.2) is 0 Å². The molecule has 0 radical (unpaired) electrons. The standard InChI is InChI=1S/C6H11NO.3C6H5.N3.Sn/c1-7-5-3-2-4-6(7)8;3*1-2-4-6-5-3-1;1-3-2;/h2-5H2,1H3;3*1-5H;;/q;4*-1;+4. The van der Waals surface area contributed by atoms with Crippen LogP contribution in [0.25, 0.3) is 16.0 Å². The third kappa shape index (κ3) is 21.5. The van der Waals surface area contributed by atoms with Crippen molar-refractivity contribution in [3.63, 3.8) is 0 Å². The first-order valence-corrected chi connectivity index (χ1v) is 9.18. The predicted molar refractivity (Wildman–Crippen MR) is 123 cm³/mol. The summed E-state index contributed by atoms with van der Waals surface area (Å²) in [7, 11) is 1.86. The molecule has 3 aromatic rings. The summed E-state index contributed by atoms with van der Waals surface area (Å²) in [5, 5.41) is 0. The first-order chi connectivity index (χ1) is 14.2. The largest absolute Gasteiger partial charge is 4.00 e. The van der Waals surface area contributed by atoms with Crippen molar-refractivity contribution in [1.82, 2.24) is 4.90 Å². The fraction of sp³-hybridized carbons (Fsp3) is 0.208. The molecule has 30 heavy (non-hydrogen) atoms. The monoisotopic (exact) mass is 506 g/mol. The summed E-state index contributed by atoms with van der Waals surface area (Å²) in [6, 6.07) is 37.5. The summed E-state index contributed by atoms with van der Waals surface area (Å²) < 4.78 is 0. The van der Waals surface area contributed by atoms with Crippen LogP contribution in [-0.2, 0) is 4.79 Å². The number of carbonyl (C=O) groups is 1. The van der Waals surface area contributed by atoms with Crippen LogP contribution in [0, 0.1) is 18.2 Å². The molecule has 1 saturated heterocycles. The van der Waals surface area contributed by atoms with Crippen molar-refractivity contribution in [2.24, 2.45) is 0 Å². The van der Waals surface area contributed by atoms with Gasteiger partial charge in [0.25, 0.3) is 0 Å². The van der Waals surface area contributed by atoms with Crippen LogP contribution in [0.15, 0.2) is 91.0 Å². The quantitative estimate of drug-likeness (QED) is 0.129. The molecule has 152 valence electrons. The van der Waals surface area contributed by atoms with E-state index in [-0.39, 0.29) is 23.9 Å². The molecule has 0 saturated carbocycles. The maximum Gasteiger partial charge on any atom is 4.00 e. The van der Waals surface area contributed by atoms with E-state index in [4.69, 9.17) is 11.1 Å². The summed E-state index contributed by atoms with van der Waals surface area (Å²) in [6.45, 7) is 0.957. The number of likely N-dealkylation sites (tertiary alicyclic amines) is 1. The Hall–Kier alpha value is -2.76. The molecular formula is C24H26N4OSn. The Morgan fingerprint density at radius 3 is 1.20 bits per heavy atom. The molecule has 0 atom stereocenters. The third-order valence-corrected chi connectivity index (χ3v) is 3.38. The van der Waals surface area contributed by atoms with Gasteiger partial charge in [-0.15, -0.1) is 0 Å². The van der Waals surface area contributed by atoms with Crippen LogP contribution in [0.2, 0.25) is 0 Å². The number of hydrogen-bond donors (Lipinski definition) is 0. The van der Waals surface area contributed by atoms with Gasteiger partial charge in [0.1, 0.15) is 0 Å². The maximum absolute atomic E-state index is 10.7. The second-order valence-corrected chi connectivity index (χ2v) is 5.59. The Balaban J connectivity index is 0. The van der Waals surface area contributed by atoms with E-state index in [1.165, 1.54) is 11.3 Å². The number of nitrogens with zero attached hydrogens (tertiary/aromatic N) is 4. The van der Waals surface area contributed by atoms with Gasteiger partial charge in [-0.05, 0) is 12.8 Å². The zero-order valence-electron chi connectivity index (χ0n) is 17.2. The van der Waals surface area contributed by atoms with Crippen molar-refractivity contribution in [2.75, 3.05) is 13.6 Å². The summed E-state index contributed by atoms with van der Waals surface area (Å²) in [4.78, 5) is 14.0. The zero-order valence-corrected chi connectivity index (χ0v) is 20.0. The first kappa shape index (κ1) is 29.4. The van der Waals surface area contributed by atoms with Gasteiger partial charge in [0, 0.05) is 20.0 Å². The predicted octanol–water partition coefficient (Wildman–Crippen LogP) is 5.57. The van der Waals surface area contributed by atoms with Gasteiger partial charge in [-0.2, -0.15) is 109 Å². The molecule has 1 amide bonds. The number of benzene rings is 3. The van der Waals surface area contributed by atoms with Crippen molar-refractivity contribution in [2.45, 2.75) is 19.3 Å². The van der Waals surface area contributed by atoms with Crippen molar-refractivity contribution in [3.8, 4) is 0 Å². The van der Waals surface area contributed by atoms with Gasteiger partial charge in [-0.1, -0.05) is 0 Å². The molecule has 1 heterocycles. The van der Waals surface area contributed by atoms with Crippen LogP contribution in [0.4, 0.5) is 0 Å². The molecule has 1 fully saturated rings. The van der Waals surface area contributed by atoms with Crippen LogP contribution < -0.4 is 0 Å². The van der Waals surface area contributed by atoms with Crippen molar-refractivity contribution in [3.05, 3.63) is 125 Å². The van der Waals surface area contributed by atoms with Gasteiger partial charge in [-0.25, -0.2) is 0 Å². The summed E-state index contributed by atoms with van der Waals surface area (Å²) in [6.07, 6.45) is 3.03. The average molecular weight is 505 g/mol. The Bertz CT molecular complexity index is 582. The van der Waals surface area contributed by atoms with Gasteiger partial charge >= 0.3 is 23.9 Å². The molecule has 1 aliphatic heterocycles. The second kappa shape index (κ2) is 24.3. The molecule has 3 aromatic carbocycles. The summed E-state index contributed by atoms with van der Waals surface area (Å²) >= 11 is 0. The zero-order chi connectivity index (χ0) is 21.4. The van der Waals surface area contributed by atoms with Gasteiger partial charge in [0.2, 0.25) is 5.91 Å². The fourth-order valence-corrected chi connectivity index (χ4v) is 1.97. The molecule has 0 aliphatic carbocycles. The number of piperidine rings is 1. The molecule has 5 nitrogen and oxygen atoms in total. The first-order valence-electron chi connectivity index (χ1n) is 9.18. The second-order valence-electron chi connectivity index (χ2n) is 5.59. The Morgan fingerprint density at radius 1 is 0.733 bits per heavy atom. The molecule has 6 heteroatoms. The van der Waals surface area contributed by atoms with E-state index in [9.17, 15) is 4.79 Å². The Kier molecular flexibility index (Phi) is 23.8.